The molecule has 12 heteroatoms. The van der Waals surface area contributed by atoms with E-state index < -0.39 is 11.7 Å². The van der Waals surface area contributed by atoms with Crippen LogP contribution in [-0.2, 0) is 11.2 Å². The van der Waals surface area contributed by atoms with Crippen LogP contribution in [0.4, 0.5) is 20.8 Å². The number of hydrogen-bond acceptors (Lipinski definition) is 7. The number of rotatable bonds is 8. The highest BCUT2D eigenvalue weighted by molar-refractivity contribution is 6.32. The molecule has 0 bridgehead atoms. The van der Waals surface area contributed by atoms with Crippen molar-refractivity contribution in [2.75, 3.05) is 18.5 Å². The van der Waals surface area contributed by atoms with Crippen molar-refractivity contribution >= 4 is 51.8 Å². The Kier molecular flexibility index (Phi) is 7.99. The summed E-state index contributed by atoms with van der Waals surface area (Å²) in [5.74, 6) is 1.05. The molecular formula is C25H25Cl2FN6O3. The first-order chi connectivity index (χ1) is 17.6. The smallest absolute Gasteiger partial charge is 0.407 e. The molecule has 0 saturated heterocycles. The fraction of sp³-hybridized carbons (Fsp3) is 0.280. The molecule has 1 amide bonds. The number of amides is 1. The van der Waals surface area contributed by atoms with Gasteiger partial charge in [-0.2, -0.15) is 5.10 Å². The molecule has 2 heterocycles. The van der Waals surface area contributed by atoms with E-state index in [0.29, 0.717) is 29.4 Å². The number of H-pyrrole nitrogens is 1. The van der Waals surface area contributed by atoms with Crippen molar-refractivity contribution in [2.45, 2.75) is 32.8 Å². The van der Waals surface area contributed by atoms with E-state index in [2.05, 4.69) is 30.8 Å². The summed E-state index contributed by atoms with van der Waals surface area (Å²) in [5, 5.41) is 14.0. The lowest BCUT2D eigenvalue weighted by Crippen LogP contribution is -2.34. The minimum Gasteiger partial charge on any atom is -0.491 e. The summed E-state index contributed by atoms with van der Waals surface area (Å²) in [6.07, 6.45) is -0.127. The maximum Gasteiger partial charge on any atom is 0.407 e. The predicted octanol–water partition coefficient (Wildman–Crippen LogP) is 6.04. The fourth-order valence-corrected chi connectivity index (χ4v) is 3.93. The number of ether oxygens (including phenoxy) is 2. The third-order valence-electron chi connectivity index (χ3n) is 4.99. The number of benzene rings is 2. The topological polar surface area (TPSA) is 114 Å². The highest BCUT2D eigenvalue weighted by Gasteiger charge is 2.16. The monoisotopic (exact) mass is 546 g/mol. The number of fused-ring (bicyclic) bond motifs is 1. The molecule has 0 unspecified atom stereocenters. The average molecular weight is 547 g/mol. The summed E-state index contributed by atoms with van der Waals surface area (Å²) in [7, 11) is 0. The van der Waals surface area contributed by atoms with Gasteiger partial charge in [0, 0.05) is 23.4 Å². The van der Waals surface area contributed by atoms with Crippen LogP contribution in [0.3, 0.4) is 0 Å². The summed E-state index contributed by atoms with van der Waals surface area (Å²) in [6.45, 7) is 5.79. The van der Waals surface area contributed by atoms with Crippen LogP contribution in [0.15, 0.2) is 42.5 Å². The van der Waals surface area contributed by atoms with Gasteiger partial charge in [0.2, 0.25) is 5.28 Å². The second kappa shape index (κ2) is 11.2. The highest BCUT2D eigenvalue weighted by atomic mass is 35.5. The van der Waals surface area contributed by atoms with E-state index in [0.717, 1.165) is 16.5 Å². The number of halogens is 3. The number of carbonyl (C=O) groups is 1. The molecule has 0 saturated carbocycles. The van der Waals surface area contributed by atoms with Crippen molar-refractivity contribution in [3.63, 3.8) is 0 Å². The second-order valence-corrected chi connectivity index (χ2v) is 9.85. The van der Waals surface area contributed by atoms with Crippen molar-refractivity contribution < 1.29 is 18.7 Å². The summed E-state index contributed by atoms with van der Waals surface area (Å²) in [6, 6.07) is 11.6. The molecule has 0 atom stereocenters. The van der Waals surface area contributed by atoms with Gasteiger partial charge in [0.05, 0.1) is 12.1 Å². The van der Waals surface area contributed by atoms with Gasteiger partial charge < -0.3 is 20.1 Å². The van der Waals surface area contributed by atoms with E-state index in [1.807, 2.05) is 18.2 Å². The Morgan fingerprint density at radius 1 is 1.11 bits per heavy atom. The average Bonchev–Trinajstić information content (AvgIpc) is 3.18. The standard InChI is InChI=1S/C25H25Cl2FN6O3/c1-25(2,3)37-24(35)29-8-9-36-19-7-5-16(28)12-15(19)10-14-4-6-18-17(11-14)22(34-33-18)31-21-13-20(26)30-23(27)32-21/h4-7,11-13H,8-10H2,1-3H3,(H,29,35)(H2,30,31,32,33,34). The van der Waals surface area contributed by atoms with Crippen LogP contribution in [0.25, 0.3) is 10.9 Å². The van der Waals surface area contributed by atoms with Crippen molar-refractivity contribution in [3.8, 4) is 5.75 Å². The largest absolute Gasteiger partial charge is 0.491 e. The Morgan fingerprint density at radius 3 is 2.68 bits per heavy atom. The summed E-state index contributed by atoms with van der Waals surface area (Å²) >= 11 is 11.9. The first kappa shape index (κ1) is 26.4. The van der Waals surface area contributed by atoms with Crippen LogP contribution in [0, 0.1) is 5.82 Å². The molecule has 0 aliphatic carbocycles. The fourth-order valence-electron chi connectivity index (χ4n) is 3.52. The lowest BCUT2D eigenvalue weighted by Gasteiger charge is -2.19. The summed E-state index contributed by atoms with van der Waals surface area (Å²) in [5.41, 5.74) is 1.76. The Balaban J connectivity index is 1.47. The second-order valence-electron chi connectivity index (χ2n) is 9.13. The summed E-state index contributed by atoms with van der Waals surface area (Å²) < 4.78 is 25.1. The molecule has 9 nitrogen and oxygen atoms in total. The first-order valence-electron chi connectivity index (χ1n) is 11.4. The van der Waals surface area contributed by atoms with Crippen LogP contribution in [-0.4, -0.2) is 45.0 Å². The van der Waals surface area contributed by atoms with Crippen LogP contribution < -0.4 is 15.4 Å². The molecule has 37 heavy (non-hydrogen) atoms. The number of nitrogens with zero attached hydrogens (tertiary/aromatic N) is 3. The maximum absolute atomic E-state index is 14.1. The Labute approximate surface area is 222 Å². The van der Waals surface area contributed by atoms with Crippen molar-refractivity contribution in [1.82, 2.24) is 25.5 Å². The van der Waals surface area contributed by atoms with Gasteiger partial charge in [-0.1, -0.05) is 17.7 Å². The third kappa shape index (κ3) is 7.43. The lowest BCUT2D eigenvalue weighted by atomic mass is 10.0. The van der Waals surface area contributed by atoms with Gasteiger partial charge in [0.1, 0.15) is 34.7 Å². The quantitative estimate of drug-likeness (QED) is 0.140. The molecule has 0 spiro atoms. The number of anilines is 2. The van der Waals surface area contributed by atoms with E-state index in [4.69, 9.17) is 32.7 Å². The number of hydrogen-bond donors (Lipinski definition) is 3. The molecule has 194 valence electrons. The zero-order valence-electron chi connectivity index (χ0n) is 20.4. The van der Waals surface area contributed by atoms with Crippen molar-refractivity contribution in [2.24, 2.45) is 0 Å². The molecule has 3 N–H and O–H groups in total. The molecule has 2 aromatic carbocycles. The predicted molar refractivity (Wildman–Crippen MR) is 140 cm³/mol. The number of alkyl carbamates (subject to hydrolysis) is 1. The van der Waals surface area contributed by atoms with Crippen LogP contribution in [0.2, 0.25) is 10.4 Å². The van der Waals surface area contributed by atoms with Gasteiger partial charge >= 0.3 is 6.09 Å². The molecule has 2 aromatic heterocycles. The minimum absolute atomic E-state index is 0.00968. The lowest BCUT2D eigenvalue weighted by molar-refractivity contribution is 0.0520. The van der Waals surface area contributed by atoms with Crippen LogP contribution in [0.1, 0.15) is 31.9 Å². The van der Waals surface area contributed by atoms with Gasteiger partial charge in [-0.15, -0.1) is 0 Å². The van der Waals surface area contributed by atoms with Crippen LogP contribution >= 0.6 is 23.2 Å². The molecule has 4 aromatic rings. The van der Waals surface area contributed by atoms with Crippen LogP contribution in [0.5, 0.6) is 5.75 Å². The number of aromatic nitrogens is 4. The van der Waals surface area contributed by atoms with E-state index >= 15 is 0 Å². The van der Waals surface area contributed by atoms with E-state index in [9.17, 15) is 9.18 Å². The van der Waals surface area contributed by atoms with E-state index in [1.165, 1.54) is 18.2 Å². The van der Waals surface area contributed by atoms with E-state index in [-0.39, 0.29) is 29.4 Å². The summed E-state index contributed by atoms with van der Waals surface area (Å²) in [4.78, 5) is 19.7. The molecule has 0 fully saturated rings. The van der Waals surface area contributed by atoms with Gasteiger partial charge in [-0.25, -0.2) is 19.2 Å². The molecule has 0 aliphatic rings. The Hall–Kier alpha value is -3.63. The van der Waals surface area contributed by atoms with Crippen molar-refractivity contribution in [3.05, 3.63) is 69.8 Å². The number of carbonyl (C=O) groups excluding carboxylic acids is 1. The molecular weight excluding hydrogens is 522 g/mol. The van der Waals surface area contributed by atoms with Gasteiger partial charge in [0.15, 0.2) is 5.82 Å². The molecule has 0 radical (unpaired) electrons. The first-order valence-corrected chi connectivity index (χ1v) is 12.1. The maximum atomic E-state index is 14.1. The van der Waals surface area contributed by atoms with Gasteiger partial charge in [-0.3, -0.25) is 5.10 Å². The number of aromatic amines is 1. The Bertz CT molecular complexity index is 1400. The highest BCUT2D eigenvalue weighted by Crippen LogP contribution is 2.28. The zero-order chi connectivity index (χ0) is 26.6. The van der Waals surface area contributed by atoms with Gasteiger partial charge in [0.25, 0.3) is 0 Å². The molecule has 0 aliphatic heterocycles. The molecule has 4 rings (SSSR count). The van der Waals surface area contributed by atoms with Crippen molar-refractivity contribution in [1.29, 1.82) is 0 Å². The zero-order valence-corrected chi connectivity index (χ0v) is 21.9. The number of nitrogens with one attached hydrogen (secondary N) is 3. The van der Waals surface area contributed by atoms with E-state index in [1.54, 1.807) is 26.8 Å². The normalized spacial score (nSPS) is 11.4. The Morgan fingerprint density at radius 2 is 1.92 bits per heavy atom. The van der Waals surface area contributed by atoms with Gasteiger partial charge in [-0.05, 0) is 68.3 Å². The third-order valence-corrected chi connectivity index (χ3v) is 5.35. The minimum atomic E-state index is -0.588. The SMILES string of the molecule is CC(C)(C)OC(=O)NCCOc1ccc(F)cc1Cc1ccc2[nH]nc(Nc3cc(Cl)nc(Cl)n3)c2c1.